The molecule has 1 aliphatic rings. The summed E-state index contributed by atoms with van der Waals surface area (Å²) in [5.74, 6) is -0.407. The van der Waals surface area contributed by atoms with Crippen molar-refractivity contribution >= 4 is 61.5 Å². The second kappa shape index (κ2) is 8.47. The Hall–Kier alpha value is -2.15. The van der Waals surface area contributed by atoms with Crippen molar-refractivity contribution in [2.75, 3.05) is 5.32 Å². The number of hydrogen-bond donors (Lipinski definition) is 1. The first-order chi connectivity index (χ1) is 13.6. The molecule has 1 aliphatic carbocycles. The minimum Gasteiger partial charge on any atom is -0.392 e. The molecule has 1 fully saturated rings. The number of oxime groups is 1. The molecule has 144 valence electrons. The molecule has 5 nitrogen and oxygen atoms in total. The fourth-order valence-corrected chi connectivity index (χ4v) is 4.23. The number of amides is 1. The molecule has 1 saturated carbocycles. The molecule has 0 aliphatic heterocycles. The van der Waals surface area contributed by atoms with Crippen LogP contribution in [0.5, 0.6) is 0 Å². The van der Waals surface area contributed by atoms with Gasteiger partial charge in [-0.3, -0.25) is 10.1 Å². The number of rotatable bonds is 5. The maximum absolute atomic E-state index is 13.0. The number of nitrogens with one attached hydrogen (secondary N) is 1. The van der Waals surface area contributed by atoms with Gasteiger partial charge in [0.25, 0.3) is 5.91 Å². The van der Waals surface area contributed by atoms with Gasteiger partial charge in [0, 0.05) is 5.56 Å². The number of carbonyl (C=O) groups excluding carboxylic acids is 1. The summed E-state index contributed by atoms with van der Waals surface area (Å²) < 4.78 is 0.994. The Balaban J connectivity index is 1.61. The Bertz CT molecular complexity index is 1010. The van der Waals surface area contributed by atoms with E-state index in [9.17, 15) is 4.79 Å². The van der Waals surface area contributed by atoms with Crippen LogP contribution >= 0.6 is 34.5 Å². The highest BCUT2D eigenvalue weighted by molar-refractivity contribution is 7.22. The molecule has 1 N–H and O–H groups in total. The van der Waals surface area contributed by atoms with Crippen LogP contribution < -0.4 is 5.32 Å². The van der Waals surface area contributed by atoms with Gasteiger partial charge in [0.05, 0.1) is 20.3 Å². The van der Waals surface area contributed by atoms with E-state index in [-0.39, 0.29) is 11.8 Å². The van der Waals surface area contributed by atoms with Gasteiger partial charge in [0.15, 0.2) is 10.8 Å². The topological polar surface area (TPSA) is 63.6 Å². The third-order valence-corrected chi connectivity index (χ3v) is 6.21. The Kier molecular flexibility index (Phi) is 5.80. The van der Waals surface area contributed by atoms with Crippen LogP contribution in [0.2, 0.25) is 10.0 Å². The smallest absolute Gasteiger partial charge is 0.280 e. The van der Waals surface area contributed by atoms with E-state index >= 15 is 0 Å². The van der Waals surface area contributed by atoms with E-state index in [1.165, 1.54) is 11.3 Å². The lowest BCUT2D eigenvalue weighted by Crippen LogP contribution is -2.25. The maximum Gasteiger partial charge on any atom is 0.280 e. The average molecular weight is 434 g/mol. The maximum atomic E-state index is 13.0. The van der Waals surface area contributed by atoms with E-state index in [2.05, 4.69) is 15.5 Å². The number of carbonyl (C=O) groups is 1. The van der Waals surface area contributed by atoms with Crippen LogP contribution in [0.25, 0.3) is 10.2 Å². The van der Waals surface area contributed by atoms with E-state index in [1.54, 1.807) is 18.2 Å². The summed E-state index contributed by atoms with van der Waals surface area (Å²) >= 11 is 13.5. The van der Waals surface area contributed by atoms with Gasteiger partial charge < -0.3 is 4.84 Å². The lowest BCUT2D eigenvalue weighted by atomic mass is 10.1. The van der Waals surface area contributed by atoms with Crippen molar-refractivity contribution in [1.29, 1.82) is 0 Å². The van der Waals surface area contributed by atoms with Crippen molar-refractivity contribution in [1.82, 2.24) is 4.98 Å². The highest BCUT2D eigenvalue weighted by Crippen LogP contribution is 2.27. The van der Waals surface area contributed by atoms with Gasteiger partial charge in [0.1, 0.15) is 6.10 Å². The van der Waals surface area contributed by atoms with E-state index in [1.807, 2.05) is 24.3 Å². The number of fused-ring (bicyclic) bond motifs is 1. The number of para-hydroxylation sites is 1. The van der Waals surface area contributed by atoms with Crippen molar-refractivity contribution in [2.45, 2.75) is 31.8 Å². The van der Waals surface area contributed by atoms with Crippen molar-refractivity contribution in [2.24, 2.45) is 5.16 Å². The fraction of sp³-hybridized carbons (Fsp3) is 0.250. The molecule has 4 rings (SSSR count). The molecule has 0 bridgehead atoms. The molecular formula is C20H17Cl2N3O2S. The zero-order valence-electron chi connectivity index (χ0n) is 14.8. The van der Waals surface area contributed by atoms with Gasteiger partial charge >= 0.3 is 0 Å². The first kappa shape index (κ1) is 19.2. The molecule has 0 atom stereocenters. The summed E-state index contributed by atoms with van der Waals surface area (Å²) in [7, 11) is 0. The van der Waals surface area contributed by atoms with Crippen LogP contribution in [0.3, 0.4) is 0 Å². The van der Waals surface area contributed by atoms with Crippen LogP contribution in [0, 0.1) is 0 Å². The molecule has 0 saturated heterocycles. The van der Waals surface area contributed by atoms with Crippen LogP contribution in [-0.4, -0.2) is 22.7 Å². The van der Waals surface area contributed by atoms with Gasteiger partial charge in [-0.15, -0.1) is 0 Å². The van der Waals surface area contributed by atoms with E-state index in [0.29, 0.717) is 20.7 Å². The molecule has 1 amide bonds. The van der Waals surface area contributed by atoms with Crippen molar-refractivity contribution < 1.29 is 9.63 Å². The average Bonchev–Trinajstić information content (AvgIpc) is 3.33. The summed E-state index contributed by atoms with van der Waals surface area (Å²) in [5.41, 5.74) is 1.51. The highest BCUT2D eigenvalue weighted by Gasteiger charge is 2.21. The number of nitrogens with zero attached hydrogens (tertiary/aromatic N) is 2. The van der Waals surface area contributed by atoms with Crippen molar-refractivity contribution in [3.8, 4) is 0 Å². The van der Waals surface area contributed by atoms with Crippen LogP contribution in [-0.2, 0) is 9.63 Å². The number of anilines is 1. The van der Waals surface area contributed by atoms with Gasteiger partial charge in [-0.05, 0) is 49.9 Å². The number of halogens is 2. The predicted octanol–water partition coefficient (Wildman–Crippen LogP) is 5.91. The number of hydrogen-bond acceptors (Lipinski definition) is 5. The predicted molar refractivity (Wildman–Crippen MR) is 115 cm³/mol. The van der Waals surface area contributed by atoms with Gasteiger partial charge in [0.2, 0.25) is 0 Å². The normalized spacial score (nSPS) is 15.1. The van der Waals surface area contributed by atoms with E-state index in [0.717, 1.165) is 35.9 Å². The standard InChI is InChI=1S/C20H17Cl2N3O2S/c21-14-10-9-12(11-15(14)22)18(25-27-13-5-1-2-6-13)19(26)24-20-23-16-7-3-4-8-17(16)28-20/h3-4,7-11,13H,1-2,5-6H2,(H,23,24,26)/b25-18-. The monoisotopic (exact) mass is 433 g/mol. The summed E-state index contributed by atoms with van der Waals surface area (Å²) in [5, 5.41) is 8.26. The quantitative estimate of drug-likeness (QED) is 0.401. The summed E-state index contributed by atoms with van der Waals surface area (Å²) in [6.45, 7) is 0. The second-order valence-electron chi connectivity index (χ2n) is 6.52. The Morgan fingerprint density at radius 3 is 2.68 bits per heavy atom. The third-order valence-electron chi connectivity index (χ3n) is 4.52. The first-order valence-electron chi connectivity index (χ1n) is 8.96. The van der Waals surface area contributed by atoms with Gasteiger partial charge in [-0.25, -0.2) is 4.98 Å². The van der Waals surface area contributed by atoms with Gasteiger partial charge in [-0.2, -0.15) is 0 Å². The molecule has 0 unspecified atom stereocenters. The van der Waals surface area contributed by atoms with Gasteiger partial charge in [-0.1, -0.05) is 57.9 Å². The molecule has 0 spiro atoms. The van der Waals surface area contributed by atoms with Crippen molar-refractivity contribution in [3.05, 3.63) is 58.1 Å². The number of benzene rings is 2. The van der Waals surface area contributed by atoms with Crippen LogP contribution in [0.15, 0.2) is 47.6 Å². The zero-order valence-corrected chi connectivity index (χ0v) is 17.2. The molecule has 28 heavy (non-hydrogen) atoms. The molecule has 0 radical (unpaired) electrons. The number of thiazole rings is 1. The fourth-order valence-electron chi connectivity index (χ4n) is 3.07. The lowest BCUT2D eigenvalue weighted by molar-refractivity contribution is -0.110. The second-order valence-corrected chi connectivity index (χ2v) is 8.37. The number of aromatic nitrogens is 1. The molecular weight excluding hydrogens is 417 g/mol. The molecule has 3 aromatic rings. The van der Waals surface area contributed by atoms with Crippen LogP contribution in [0.4, 0.5) is 5.13 Å². The summed E-state index contributed by atoms with van der Waals surface area (Å²) in [6, 6.07) is 12.6. The minimum atomic E-state index is -0.407. The van der Waals surface area contributed by atoms with E-state index in [4.69, 9.17) is 28.0 Å². The SMILES string of the molecule is O=C(Nc1nc2ccccc2s1)/C(=N\OC1CCCC1)c1ccc(Cl)c(Cl)c1. The Labute approximate surface area is 176 Å². The minimum absolute atomic E-state index is 0.0352. The highest BCUT2D eigenvalue weighted by atomic mass is 35.5. The third kappa shape index (κ3) is 4.29. The Morgan fingerprint density at radius 2 is 1.93 bits per heavy atom. The zero-order chi connectivity index (χ0) is 19.5. The summed E-state index contributed by atoms with van der Waals surface area (Å²) in [6.07, 6.45) is 4.14. The molecule has 2 aromatic carbocycles. The first-order valence-corrected chi connectivity index (χ1v) is 10.5. The molecule has 1 heterocycles. The van der Waals surface area contributed by atoms with Crippen molar-refractivity contribution in [3.63, 3.8) is 0 Å². The largest absolute Gasteiger partial charge is 0.392 e. The lowest BCUT2D eigenvalue weighted by Gasteiger charge is -2.11. The molecule has 8 heteroatoms. The molecule has 1 aromatic heterocycles. The summed E-state index contributed by atoms with van der Waals surface area (Å²) in [4.78, 5) is 23.0. The van der Waals surface area contributed by atoms with Crippen LogP contribution in [0.1, 0.15) is 31.2 Å². The Morgan fingerprint density at radius 1 is 1.14 bits per heavy atom. The van der Waals surface area contributed by atoms with E-state index < -0.39 is 5.91 Å².